The fourth-order valence-corrected chi connectivity index (χ4v) is 14.5. The average molecular weight is 863 g/mol. The summed E-state index contributed by atoms with van der Waals surface area (Å²) >= 11 is 2.05. The molecule has 9 aromatic rings. The highest BCUT2D eigenvalue weighted by Crippen LogP contribution is 2.57. The van der Waals surface area contributed by atoms with Crippen LogP contribution in [-0.2, 0) is 27.1 Å². The van der Waals surface area contributed by atoms with Gasteiger partial charge in [-0.25, -0.2) is 0 Å². The Kier molecular flexibility index (Phi) is 7.86. The number of aromatic nitrogens is 1. The van der Waals surface area contributed by atoms with Gasteiger partial charge in [-0.1, -0.05) is 142 Å². The smallest absolute Gasteiger partial charge is 0.211 e. The topological polar surface area (TPSA) is 19.0 Å². The van der Waals surface area contributed by atoms with Crippen molar-refractivity contribution in [2.24, 2.45) is 0 Å². The van der Waals surface area contributed by atoms with E-state index in [1.165, 1.54) is 151 Å². The van der Waals surface area contributed by atoms with Crippen LogP contribution in [-0.4, -0.2) is 12.3 Å². The van der Waals surface area contributed by atoms with Crippen LogP contribution in [0.15, 0.2) is 115 Å². The first-order valence-electron chi connectivity index (χ1n) is 24.2. The van der Waals surface area contributed by atoms with E-state index in [1.54, 1.807) is 0 Å². The molecule has 3 heterocycles. The zero-order valence-corrected chi connectivity index (χ0v) is 40.7. The Morgan fingerprint density at radius 3 is 1.89 bits per heavy atom. The van der Waals surface area contributed by atoms with Crippen molar-refractivity contribution in [1.29, 1.82) is 0 Å². The van der Waals surface area contributed by atoms with Crippen LogP contribution in [0, 0.1) is 0 Å². The molecule has 4 heteroatoms. The molecule has 2 nitrogen and oxygen atoms in total. The third kappa shape index (κ3) is 5.41. The summed E-state index contributed by atoms with van der Waals surface area (Å²) in [5, 5.41) is 6.52. The molecule has 0 spiro atoms. The first kappa shape index (κ1) is 39.8. The molecule has 0 saturated heterocycles. The summed E-state index contributed by atoms with van der Waals surface area (Å²) in [5.74, 6) is 0. The van der Waals surface area contributed by atoms with E-state index in [0.29, 0.717) is 0 Å². The molecule has 13 rings (SSSR count). The molecule has 0 saturated carbocycles. The molecule has 7 aromatic carbocycles. The molecule has 3 aliphatic carbocycles. The third-order valence-corrected chi connectivity index (χ3v) is 18.4. The van der Waals surface area contributed by atoms with E-state index < -0.39 is 0 Å². The summed E-state index contributed by atoms with van der Waals surface area (Å²) in [4.78, 5) is 6.80. The van der Waals surface area contributed by atoms with Gasteiger partial charge in [0, 0.05) is 48.7 Å². The molecule has 1 N–H and O–H groups in total. The Labute approximate surface area is 389 Å². The third-order valence-electron chi connectivity index (χ3n) is 17.3. The summed E-state index contributed by atoms with van der Waals surface area (Å²) in [6, 6.07) is 45.3. The number of fused-ring (bicyclic) bond motifs is 13. The Hall–Kier alpha value is -5.58. The van der Waals surface area contributed by atoms with Crippen LogP contribution in [0.25, 0.3) is 64.9 Å². The average Bonchev–Trinajstić information content (AvgIpc) is 3.90. The summed E-state index contributed by atoms with van der Waals surface area (Å²) in [6.07, 6.45) is 4.80. The van der Waals surface area contributed by atoms with Gasteiger partial charge < -0.3 is 9.88 Å². The molecular weight excluding hydrogens is 804 g/mol. The zero-order chi connectivity index (χ0) is 44.7. The lowest BCUT2D eigenvalue weighted by Gasteiger charge is -2.43. The molecule has 0 atom stereocenters. The zero-order valence-electron chi connectivity index (χ0n) is 39.9. The number of anilines is 3. The summed E-state index contributed by atoms with van der Waals surface area (Å²) < 4.78 is 2.88. The number of benzene rings is 7. The second-order valence-corrected chi connectivity index (χ2v) is 24.6. The first-order valence-corrected chi connectivity index (χ1v) is 25.0. The lowest BCUT2D eigenvalue weighted by molar-refractivity contribution is 0.332. The normalized spacial score (nSPS) is 19.1. The fourth-order valence-electron chi connectivity index (χ4n) is 13.3. The molecule has 0 bridgehead atoms. The van der Waals surface area contributed by atoms with E-state index in [9.17, 15) is 0 Å². The van der Waals surface area contributed by atoms with Crippen molar-refractivity contribution < 1.29 is 0 Å². The number of rotatable bonds is 2. The minimum atomic E-state index is -0.206. The van der Waals surface area contributed by atoms with Gasteiger partial charge in [-0.3, -0.25) is 0 Å². The molecule has 0 amide bonds. The number of nitrogens with zero attached hydrogens (tertiary/aromatic N) is 1. The first-order chi connectivity index (χ1) is 30.9. The van der Waals surface area contributed by atoms with Crippen LogP contribution in [0.1, 0.15) is 128 Å². The molecule has 0 fully saturated rings. The van der Waals surface area contributed by atoms with Gasteiger partial charge in [0.2, 0.25) is 7.28 Å². The predicted octanol–water partition coefficient (Wildman–Crippen LogP) is 15.5. The monoisotopic (exact) mass is 862 g/mol. The van der Waals surface area contributed by atoms with Gasteiger partial charge in [0.1, 0.15) is 0 Å². The van der Waals surface area contributed by atoms with Crippen LogP contribution in [0.4, 0.5) is 17.1 Å². The largest absolute Gasteiger partial charge is 0.354 e. The van der Waals surface area contributed by atoms with E-state index in [-0.39, 0.29) is 27.1 Å². The van der Waals surface area contributed by atoms with E-state index in [2.05, 4.69) is 194 Å². The fraction of sp³-hybridized carbons (Fsp3) is 0.311. The molecule has 4 aliphatic rings. The van der Waals surface area contributed by atoms with Gasteiger partial charge in [0.25, 0.3) is 0 Å². The highest BCUT2D eigenvalue weighted by molar-refractivity contribution is 7.29. The van der Waals surface area contributed by atoms with Gasteiger partial charge in [0.15, 0.2) is 0 Å². The maximum atomic E-state index is 4.05. The SMILES string of the molecule is CC1(C)CCC(C)(C)c2cc(N3c4cc5c(c(-c6cccc7c6[nH]c6cc8ccccc8cc67)c4Bc4sc6cc7c(cc6c43)C(C)(C)CCC7(C)C)C(C)(C)c3ccccc3-5)ccc21. The van der Waals surface area contributed by atoms with Crippen LogP contribution < -0.4 is 15.1 Å². The predicted molar refractivity (Wildman–Crippen MR) is 283 cm³/mol. The van der Waals surface area contributed by atoms with Crippen molar-refractivity contribution in [1.82, 2.24) is 4.98 Å². The Balaban J connectivity index is 1.16. The standard InChI is InChI=1S/C61H59BN2S/c1-57(2)24-25-58(3,4)45-30-36(22-23-44(45)57)64-49-32-41-37-18-13-14-21-43(37)61(9,10)52(41)51(39-20-15-19-38-40-28-34-16-11-12-17-35(34)29-48(40)63-54(38)39)53(49)62-56-55(64)42-31-46-47(33-50(42)65-56)60(7,8)27-26-59(46,5)6/h11-23,28-33,62-63H,24-27H2,1-10H3. The van der Waals surface area contributed by atoms with E-state index in [4.69, 9.17) is 0 Å². The number of para-hydroxylation sites is 1. The van der Waals surface area contributed by atoms with Gasteiger partial charge in [-0.15, -0.1) is 11.3 Å². The second-order valence-electron chi connectivity index (χ2n) is 23.5. The molecule has 2 aromatic heterocycles. The Morgan fingerprint density at radius 2 is 1.15 bits per heavy atom. The van der Waals surface area contributed by atoms with Gasteiger partial charge in [-0.05, 0) is 161 Å². The van der Waals surface area contributed by atoms with Crippen molar-refractivity contribution in [2.45, 2.75) is 122 Å². The number of H-pyrrole nitrogens is 1. The molecule has 0 radical (unpaired) electrons. The lowest BCUT2D eigenvalue weighted by Crippen LogP contribution is -2.40. The molecule has 65 heavy (non-hydrogen) atoms. The van der Waals surface area contributed by atoms with Crippen molar-refractivity contribution in [3.8, 4) is 22.3 Å². The molecule has 0 unspecified atom stereocenters. The van der Waals surface area contributed by atoms with E-state index in [0.717, 1.165) is 7.28 Å². The van der Waals surface area contributed by atoms with Crippen LogP contribution in [0.5, 0.6) is 0 Å². The molecular formula is C61H59BN2S. The number of nitrogens with one attached hydrogen (secondary N) is 1. The lowest BCUT2D eigenvalue weighted by atomic mass is 9.59. The van der Waals surface area contributed by atoms with Crippen molar-refractivity contribution in [3.05, 3.63) is 149 Å². The minimum Gasteiger partial charge on any atom is -0.354 e. The van der Waals surface area contributed by atoms with Crippen molar-refractivity contribution in [3.63, 3.8) is 0 Å². The summed E-state index contributed by atoms with van der Waals surface area (Å²) in [5.41, 5.74) is 22.5. The molecule has 1 aliphatic heterocycles. The van der Waals surface area contributed by atoms with Crippen LogP contribution in [0.2, 0.25) is 0 Å². The maximum Gasteiger partial charge on any atom is 0.211 e. The maximum absolute atomic E-state index is 4.05. The van der Waals surface area contributed by atoms with Crippen molar-refractivity contribution in [2.75, 3.05) is 4.90 Å². The summed E-state index contributed by atoms with van der Waals surface area (Å²) in [7, 11) is 0.886. The van der Waals surface area contributed by atoms with Gasteiger partial charge >= 0.3 is 0 Å². The summed E-state index contributed by atoms with van der Waals surface area (Å²) in [6.45, 7) is 24.7. The van der Waals surface area contributed by atoms with Gasteiger partial charge in [-0.2, -0.15) is 0 Å². The Bertz CT molecular complexity index is 3570. The Morgan fingerprint density at radius 1 is 0.523 bits per heavy atom. The second kappa shape index (κ2) is 12.9. The van der Waals surface area contributed by atoms with Crippen LogP contribution in [0.3, 0.4) is 0 Å². The van der Waals surface area contributed by atoms with Gasteiger partial charge in [0.05, 0.1) is 11.2 Å². The molecule has 322 valence electrons. The van der Waals surface area contributed by atoms with Crippen molar-refractivity contribution >= 4 is 88.6 Å². The number of thiophene rings is 1. The number of aromatic amines is 1. The van der Waals surface area contributed by atoms with E-state index >= 15 is 0 Å². The number of hydrogen-bond donors (Lipinski definition) is 1. The van der Waals surface area contributed by atoms with E-state index in [1.807, 2.05) is 11.3 Å². The van der Waals surface area contributed by atoms with Crippen LogP contribution >= 0.6 is 11.3 Å². The number of hydrogen-bond acceptors (Lipinski definition) is 2. The highest BCUT2D eigenvalue weighted by atomic mass is 32.1. The quantitative estimate of drug-likeness (QED) is 0.172. The highest BCUT2D eigenvalue weighted by Gasteiger charge is 2.44. The minimum absolute atomic E-state index is 0.0792.